The molecule has 2 aromatic rings. The number of piperidine rings is 1. The minimum absolute atomic E-state index is 0.00109. The third kappa shape index (κ3) is 3.29. The van der Waals surface area contributed by atoms with Gasteiger partial charge in [-0.3, -0.25) is 4.98 Å². The highest BCUT2D eigenvalue weighted by Gasteiger charge is 2.43. The number of benzene rings is 1. The topological polar surface area (TPSA) is 65.2 Å². The van der Waals surface area contributed by atoms with E-state index in [-0.39, 0.29) is 23.0 Å². The average molecular weight is 347 g/mol. The lowest BCUT2D eigenvalue weighted by atomic mass is 10.0. The summed E-state index contributed by atoms with van der Waals surface area (Å²) in [5.74, 6) is 0.795. The molecular formula is C18H21ClN3O2+. The molecule has 1 aromatic heterocycles. The van der Waals surface area contributed by atoms with Crippen molar-refractivity contribution in [1.29, 1.82) is 0 Å². The molecular weight excluding hydrogens is 326 g/mol. The number of halogens is 1. The second kappa shape index (κ2) is 7.30. The van der Waals surface area contributed by atoms with Crippen LogP contribution in [0.3, 0.4) is 0 Å². The van der Waals surface area contributed by atoms with Crippen LogP contribution in [0.2, 0.25) is 5.02 Å². The predicted octanol–water partition coefficient (Wildman–Crippen LogP) is 2.77. The van der Waals surface area contributed by atoms with Crippen LogP contribution in [0.4, 0.5) is 5.69 Å². The van der Waals surface area contributed by atoms with E-state index in [4.69, 9.17) is 22.1 Å². The second-order valence-electron chi connectivity index (χ2n) is 5.96. The molecule has 1 saturated heterocycles. The zero-order valence-corrected chi connectivity index (χ0v) is 14.2. The monoisotopic (exact) mass is 346 g/mol. The van der Waals surface area contributed by atoms with Crippen LogP contribution in [-0.2, 0) is 4.79 Å². The lowest BCUT2D eigenvalue weighted by Crippen LogP contribution is -2.61. The first kappa shape index (κ1) is 16.9. The van der Waals surface area contributed by atoms with E-state index in [1.165, 1.54) is 0 Å². The van der Waals surface area contributed by atoms with Crippen LogP contribution >= 0.6 is 11.6 Å². The number of aromatic nitrogens is 1. The van der Waals surface area contributed by atoms with E-state index in [1.807, 2.05) is 36.4 Å². The maximum absolute atomic E-state index is 12.6. The quantitative estimate of drug-likeness (QED) is 0.864. The summed E-state index contributed by atoms with van der Waals surface area (Å²) in [6.07, 6.45) is 5.02. The molecule has 24 heavy (non-hydrogen) atoms. The molecule has 0 unspecified atom stereocenters. The van der Waals surface area contributed by atoms with E-state index in [9.17, 15) is 4.79 Å². The first-order valence-corrected chi connectivity index (χ1v) is 8.46. The second-order valence-corrected chi connectivity index (χ2v) is 6.37. The smallest absolute Gasteiger partial charge is 0.332 e. The van der Waals surface area contributed by atoms with Crippen molar-refractivity contribution in [1.82, 2.24) is 9.47 Å². The number of carbonyl (C=O) groups excluding carboxylic acids is 1. The highest BCUT2D eigenvalue weighted by molar-refractivity contribution is 6.33. The highest BCUT2D eigenvalue weighted by Crippen LogP contribution is 2.35. The number of ether oxygens (including phenoxy) is 1. The van der Waals surface area contributed by atoms with Gasteiger partial charge >= 0.3 is 5.91 Å². The van der Waals surface area contributed by atoms with Gasteiger partial charge in [-0.05, 0) is 18.2 Å². The third-order valence-corrected chi connectivity index (χ3v) is 4.90. The van der Waals surface area contributed by atoms with Gasteiger partial charge in [0.2, 0.25) is 0 Å². The number of hydrogen-bond donors (Lipinski definition) is 1. The molecule has 1 aliphatic rings. The van der Waals surface area contributed by atoms with E-state index < -0.39 is 0 Å². The fraction of sp³-hybridized carbons (Fsp3) is 0.333. The van der Waals surface area contributed by atoms with Crippen LogP contribution in [0.25, 0.3) is 0 Å². The molecule has 3 rings (SSSR count). The van der Waals surface area contributed by atoms with E-state index in [2.05, 4.69) is 4.98 Å². The van der Waals surface area contributed by atoms with Crippen molar-refractivity contribution < 1.29 is 9.53 Å². The number of nitrogens with two attached hydrogens (primary N) is 1. The summed E-state index contributed by atoms with van der Waals surface area (Å²) < 4.78 is 6.20. The molecule has 0 atom stereocenters. The normalized spacial score (nSPS) is 23.7. The first-order chi connectivity index (χ1) is 11.7. The van der Waals surface area contributed by atoms with Gasteiger partial charge in [0.05, 0.1) is 13.1 Å². The largest absolute Gasteiger partial charge is 0.490 e. The van der Waals surface area contributed by atoms with Gasteiger partial charge in [0.1, 0.15) is 23.4 Å². The molecule has 1 aromatic carbocycles. The van der Waals surface area contributed by atoms with Gasteiger partial charge in [0.25, 0.3) is 0 Å². The van der Waals surface area contributed by atoms with Crippen molar-refractivity contribution in [2.45, 2.75) is 18.9 Å². The van der Waals surface area contributed by atoms with Gasteiger partial charge in [-0.25, -0.2) is 9.28 Å². The molecule has 0 aliphatic carbocycles. The molecule has 2 N–H and O–H groups in total. The number of carbonyl (C=O) groups is 1. The van der Waals surface area contributed by atoms with Crippen LogP contribution in [0, 0.1) is 0 Å². The number of rotatable bonds is 4. The molecule has 1 fully saturated rings. The van der Waals surface area contributed by atoms with Crippen LogP contribution in [-0.4, -0.2) is 36.6 Å². The van der Waals surface area contributed by atoms with Crippen molar-refractivity contribution in [3.63, 3.8) is 0 Å². The molecule has 126 valence electrons. The molecule has 6 heteroatoms. The van der Waals surface area contributed by atoms with E-state index >= 15 is 0 Å². The Kier molecular flexibility index (Phi) is 5.14. The fourth-order valence-corrected chi connectivity index (χ4v) is 3.61. The van der Waals surface area contributed by atoms with E-state index in [1.54, 1.807) is 12.4 Å². The Morgan fingerprint density at radius 1 is 1.21 bits per heavy atom. The SMILES string of the molecule is NCC(=O)[N+]1(c2ccccc2Cl)CCC(Oc2ccncc2)CC1. The summed E-state index contributed by atoms with van der Waals surface area (Å²) in [4.78, 5) is 16.6. The number of quaternary nitrogens is 1. The number of nitrogens with zero attached hydrogens (tertiary/aromatic N) is 2. The minimum Gasteiger partial charge on any atom is -0.490 e. The zero-order chi connectivity index (χ0) is 17.0. The van der Waals surface area contributed by atoms with Gasteiger partial charge in [0.15, 0.2) is 5.69 Å². The van der Waals surface area contributed by atoms with Gasteiger partial charge in [0, 0.05) is 31.3 Å². The van der Waals surface area contributed by atoms with Gasteiger partial charge in [-0.1, -0.05) is 23.7 Å². The summed E-state index contributed by atoms with van der Waals surface area (Å²) in [7, 11) is 0. The van der Waals surface area contributed by atoms with E-state index in [0.717, 1.165) is 24.3 Å². The molecule has 1 aliphatic heterocycles. The highest BCUT2D eigenvalue weighted by atomic mass is 35.5. The Morgan fingerprint density at radius 3 is 2.50 bits per heavy atom. The summed E-state index contributed by atoms with van der Waals surface area (Å²) in [5, 5.41) is 0.604. The van der Waals surface area contributed by atoms with Crippen molar-refractivity contribution in [2.75, 3.05) is 19.6 Å². The maximum Gasteiger partial charge on any atom is 0.332 e. The summed E-state index contributed by atoms with van der Waals surface area (Å²) in [6.45, 7) is 1.27. The summed E-state index contributed by atoms with van der Waals surface area (Å²) >= 11 is 6.37. The van der Waals surface area contributed by atoms with Crippen LogP contribution in [0.5, 0.6) is 5.75 Å². The number of para-hydroxylation sites is 1. The summed E-state index contributed by atoms with van der Waals surface area (Å²) in [6, 6.07) is 11.2. The number of likely N-dealkylation sites (tertiary alicyclic amines) is 1. The lowest BCUT2D eigenvalue weighted by molar-refractivity contribution is -0.130. The number of hydrogen-bond acceptors (Lipinski definition) is 4. The summed E-state index contributed by atoms with van der Waals surface area (Å²) in [5.41, 5.74) is 6.52. The number of pyridine rings is 1. The van der Waals surface area contributed by atoms with Crippen LogP contribution < -0.4 is 15.0 Å². The Morgan fingerprint density at radius 2 is 1.88 bits per heavy atom. The van der Waals surface area contributed by atoms with Crippen molar-refractivity contribution in [2.24, 2.45) is 5.73 Å². The van der Waals surface area contributed by atoms with Crippen molar-refractivity contribution in [3.05, 3.63) is 53.8 Å². The standard InChI is InChI=1S/C18H21ClN3O2/c19-16-3-1-2-4-17(16)22(18(23)13-20)11-7-15(8-12-22)24-14-5-9-21-10-6-14/h1-6,9-10,15H,7-8,11-13,20H2/q+1. The number of amides is 1. The van der Waals surface area contributed by atoms with Gasteiger partial charge < -0.3 is 10.5 Å². The fourth-order valence-electron chi connectivity index (χ4n) is 3.31. The molecule has 1 amide bonds. The maximum atomic E-state index is 12.6. The predicted molar refractivity (Wildman–Crippen MR) is 94.9 cm³/mol. The lowest BCUT2D eigenvalue weighted by Gasteiger charge is -2.41. The molecule has 5 nitrogen and oxygen atoms in total. The molecule has 2 heterocycles. The third-order valence-electron chi connectivity index (χ3n) is 4.58. The zero-order valence-electron chi connectivity index (χ0n) is 13.4. The minimum atomic E-state index is -0.00883. The van der Waals surface area contributed by atoms with Crippen LogP contribution in [0.15, 0.2) is 48.8 Å². The average Bonchev–Trinajstić information content (AvgIpc) is 2.63. The van der Waals surface area contributed by atoms with Crippen molar-refractivity contribution >= 4 is 23.2 Å². The molecule has 0 bridgehead atoms. The molecule has 0 spiro atoms. The Labute approximate surface area is 146 Å². The Bertz CT molecular complexity index is 700. The van der Waals surface area contributed by atoms with Crippen molar-refractivity contribution in [3.8, 4) is 5.75 Å². The Hall–Kier alpha value is -1.95. The first-order valence-electron chi connectivity index (χ1n) is 8.08. The van der Waals surface area contributed by atoms with Crippen LogP contribution in [0.1, 0.15) is 12.8 Å². The van der Waals surface area contributed by atoms with E-state index in [0.29, 0.717) is 18.1 Å². The van der Waals surface area contributed by atoms with Gasteiger partial charge in [-0.15, -0.1) is 0 Å². The molecule has 0 saturated carbocycles. The molecule has 0 radical (unpaired) electrons. The Balaban J connectivity index is 1.79. The van der Waals surface area contributed by atoms with Gasteiger partial charge in [-0.2, -0.15) is 0 Å².